The van der Waals surface area contributed by atoms with E-state index >= 15 is 0 Å². The van der Waals surface area contributed by atoms with E-state index in [1.54, 1.807) is 13.8 Å². The van der Waals surface area contributed by atoms with Crippen molar-refractivity contribution < 1.29 is 21.6 Å². The van der Waals surface area contributed by atoms with Crippen LogP contribution >= 0.6 is 0 Å². The van der Waals surface area contributed by atoms with E-state index in [-0.39, 0.29) is 30.3 Å². The topological polar surface area (TPSA) is 101 Å². The lowest BCUT2D eigenvalue weighted by atomic mass is 10.0. The molecule has 0 radical (unpaired) electrons. The molecule has 1 aromatic carbocycles. The van der Waals surface area contributed by atoms with Crippen molar-refractivity contribution in [2.75, 3.05) is 25.9 Å². The highest BCUT2D eigenvalue weighted by molar-refractivity contribution is 7.91. The zero-order valence-corrected chi connectivity index (χ0v) is 18.1. The van der Waals surface area contributed by atoms with Gasteiger partial charge in [-0.05, 0) is 56.4 Å². The summed E-state index contributed by atoms with van der Waals surface area (Å²) in [7, 11) is -6.91. The van der Waals surface area contributed by atoms with E-state index in [1.165, 1.54) is 11.2 Å². The molecule has 27 heavy (non-hydrogen) atoms. The number of hydrogen-bond acceptors (Lipinski definition) is 5. The average molecular weight is 417 g/mol. The zero-order chi connectivity index (χ0) is 20.6. The van der Waals surface area contributed by atoms with Crippen LogP contribution in [0.5, 0.6) is 0 Å². The predicted octanol–water partition coefficient (Wildman–Crippen LogP) is 1.23. The molecule has 0 spiro atoms. The van der Waals surface area contributed by atoms with Gasteiger partial charge in [-0.3, -0.25) is 4.79 Å². The molecule has 152 valence electrons. The molecule has 0 aliphatic carbocycles. The lowest BCUT2D eigenvalue weighted by Crippen LogP contribution is -2.35. The first-order valence-corrected chi connectivity index (χ1v) is 12.3. The van der Waals surface area contributed by atoms with E-state index in [9.17, 15) is 21.6 Å². The van der Waals surface area contributed by atoms with Crippen molar-refractivity contribution >= 4 is 25.8 Å². The van der Waals surface area contributed by atoms with Gasteiger partial charge in [-0.1, -0.05) is 6.07 Å². The van der Waals surface area contributed by atoms with Crippen molar-refractivity contribution in [1.29, 1.82) is 0 Å². The van der Waals surface area contributed by atoms with Gasteiger partial charge in [0.2, 0.25) is 15.9 Å². The SMILES string of the molecule is Cc1cc(C)c(C)c(S(=O)(=O)NCCC(=O)N2CCC(S(C)(=O)=O)C2)c1C. The number of nitrogens with zero attached hydrogens (tertiary/aromatic N) is 1. The molecule has 9 heteroatoms. The Hall–Kier alpha value is -1.45. The van der Waals surface area contributed by atoms with E-state index in [0.717, 1.165) is 11.1 Å². The van der Waals surface area contributed by atoms with Crippen LogP contribution < -0.4 is 4.72 Å². The molecule has 1 aliphatic rings. The molecule has 0 aromatic heterocycles. The molecule has 1 saturated heterocycles. The minimum atomic E-state index is -3.74. The number of nitrogens with one attached hydrogen (secondary N) is 1. The number of amides is 1. The molecule has 1 fully saturated rings. The Bertz CT molecular complexity index is 926. The molecule has 1 atom stereocenters. The molecule has 7 nitrogen and oxygen atoms in total. The normalized spacial score (nSPS) is 18.1. The fourth-order valence-corrected chi connectivity index (χ4v) is 6.04. The Morgan fingerprint density at radius 2 is 1.67 bits per heavy atom. The van der Waals surface area contributed by atoms with Crippen molar-refractivity contribution in [3.05, 3.63) is 28.3 Å². The van der Waals surface area contributed by atoms with E-state index in [0.29, 0.717) is 24.1 Å². The number of hydrogen-bond donors (Lipinski definition) is 1. The van der Waals surface area contributed by atoms with Crippen LogP contribution in [0.4, 0.5) is 0 Å². The van der Waals surface area contributed by atoms with Crippen LogP contribution in [-0.4, -0.2) is 58.8 Å². The van der Waals surface area contributed by atoms with Gasteiger partial charge in [-0.25, -0.2) is 21.6 Å². The van der Waals surface area contributed by atoms with Gasteiger partial charge in [0.1, 0.15) is 0 Å². The highest BCUT2D eigenvalue weighted by Gasteiger charge is 2.32. The second-order valence-corrected chi connectivity index (χ2v) is 11.3. The minimum Gasteiger partial charge on any atom is -0.341 e. The first-order chi connectivity index (χ1) is 12.3. The molecule has 1 unspecified atom stereocenters. The zero-order valence-electron chi connectivity index (χ0n) is 16.5. The van der Waals surface area contributed by atoms with Gasteiger partial charge < -0.3 is 4.90 Å². The number of aryl methyl sites for hydroxylation is 2. The Labute approximate surface area is 162 Å². The van der Waals surface area contributed by atoms with E-state index in [1.807, 2.05) is 19.9 Å². The summed E-state index contributed by atoms with van der Waals surface area (Å²) >= 11 is 0. The Kier molecular flexibility index (Phi) is 6.38. The molecule has 1 N–H and O–H groups in total. The maximum Gasteiger partial charge on any atom is 0.241 e. The number of carbonyl (C=O) groups excluding carboxylic acids is 1. The third-order valence-electron chi connectivity index (χ3n) is 5.30. The number of carbonyl (C=O) groups is 1. The smallest absolute Gasteiger partial charge is 0.241 e. The summed E-state index contributed by atoms with van der Waals surface area (Å²) < 4.78 is 51.2. The Morgan fingerprint density at radius 3 is 2.15 bits per heavy atom. The van der Waals surface area contributed by atoms with E-state index < -0.39 is 25.1 Å². The van der Waals surface area contributed by atoms with Crippen LogP contribution in [0, 0.1) is 27.7 Å². The number of sulfone groups is 1. The van der Waals surface area contributed by atoms with Crippen molar-refractivity contribution in [2.45, 2.75) is 50.7 Å². The maximum atomic E-state index is 12.7. The molecular weight excluding hydrogens is 388 g/mol. The van der Waals surface area contributed by atoms with Crippen molar-refractivity contribution in [2.24, 2.45) is 0 Å². The highest BCUT2D eigenvalue weighted by Crippen LogP contribution is 2.26. The summed E-state index contributed by atoms with van der Waals surface area (Å²) in [6.07, 6.45) is 1.60. The molecule has 1 aromatic rings. The second kappa shape index (κ2) is 7.89. The van der Waals surface area contributed by atoms with Crippen molar-refractivity contribution in [3.8, 4) is 0 Å². The summed E-state index contributed by atoms with van der Waals surface area (Å²) in [5, 5.41) is -0.529. The molecule has 2 rings (SSSR count). The van der Waals surface area contributed by atoms with Gasteiger partial charge in [0.05, 0.1) is 10.1 Å². The molecule has 0 bridgehead atoms. The van der Waals surface area contributed by atoms with Gasteiger partial charge >= 0.3 is 0 Å². The van der Waals surface area contributed by atoms with Gasteiger partial charge in [0, 0.05) is 32.3 Å². The number of rotatable bonds is 6. The predicted molar refractivity (Wildman–Crippen MR) is 105 cm³/mol. The lowest BCUT2D eigenvalue weighted by Gasteiger charge is -2.18. The van der Waals surface area contributed by atoms with E-state index in [2.05, 4.69) is 4.72 Å². The van der Waals surface area contributed by atoms with Crippen LogP contribution in [0.25, 0.3) is 0 Å². The average Bonchev–Trinajstić information content (AvgIpc) is 3.03. The fraction of sp³-hybridized carbons (Fsp3) is 0.611. The summed E-state index contributed by atoms with van der Waals surface area (Å²) in [6.45, 7) is 7.84. The Balaban J connectivity index is 2.02. The van der Waals surface area contributed by atoms with Gasteiger partial charge in [-0.2, -0.15) is 0 Å². The van der Waals surface area contributed by atoms with Gasteiger partial charge in [-0.15, -0.1) is 0 Å². The van der Waals surface area contributed by atoms with Crippen LogP contribution in [0.2, 0.25) is 0 Å². The van der Waals surface area contributed by atoms with Crippen molar-refractivity contribution in [1.82, 2.24) is 9.62 Å². The summed E-state index contributed by atoms with van der Waals surface area (Å²) in [5.74, 6) is -0.238. The monoisotopic (exact) mass is 416 g/mol. The molecule has 1 amide bonds. The first-order valence-electron chi connectivity index (χ1n) is 8.88. The third kappa shape index (κ3) is 4.89. The second-order valence-electron chi connectivity index (χ2n) is 7.32. The summed E-state index contributed by atoms with van der Waals surface area (Å²) in [6, 6.07) is 1.96. The van der Waals surface area contributed by atoms with Crippen LogP contribution in [0.3, 0.4) is 0 Å². The fourth-order valence-electron chi connectivity index (χ4n) is 3.41. The number of benzene rings is 1. The molecule has 1 aliphatic heterocycles. The number of sulfonamides is 1. The highest BCUT2D eigenvalue weighted by atomic mass is 32.2. The van der Waals surface area contributed by atoms with Crippen LogP contribution in [-0.2, 0) is 24.7 Å². The quantitative estimate of drug-likeness (QED) is 0.752. The van der Waals surface area contributed by atoms with Crippen LogP contribution in [0.1, 0.15) is 35.1 Å². The maximum absolute atomic E-state index is 12.7. The summed E-state index contributed by atoms with van der Waals surface area (Å²) in [4.78, 5) is 14.0. The minimum absolute atomic E-state index is 0.00138. The third-order valence-corrected chi connectivity index (χ3v) is 8.63. The van der Waals surface area contributed by atoms with E-state index in [4.69, 9.17) is 0 Å². The molecule has 0 saturated carbocycles. The largest absolute Gasteiger partial charge is 0.341 e. The Morgan fingerprint density at radius 1 is 1.11 bits per heavy atom. The van der Waals surface area contributed by atoms with Gasteiger partial charge in [0.15, 0.2) is 9.84 Å². The molecule has 1 heterocycles. The standard InChI is InChI=1S/C18H28N2O5S2/c1-12-10-13(2)15(4)18(14(12)3)27(24,25)19-8-6-17(21)20-9-7-16(11-20)26(5,22)23/h10,16,19H,6-9,11H2,1-5H3. The first kappa shape index (κ1) is 21.8. The van der Waals surface area contributed by atoms with Gasteiger partial charge in [0.25, 0.3) is 0 Å². The number of likely N-dealkylation sites (tertiary alicyclic amines) is 1. The van der Waals surface area contributed by atoms with Crippen LogP contribution in [0.15, 0.2) is 11.0 Å². The van der Waals surface area contributed by atoms with Crippen molar-refractivity contribution in [3.63, 3.8) is 0 Å². The summed E-state index contributed by atoms with van der Waals surface area (Å²) in [5.41, 5.74) is 3.21. The lowest BCUT2D eigenvalue weighted by molar-refractivity contribution is -0.129. The molecular formula is C18H28N2O5S2.